The summed E-state index contributed by atoms with van der Waals surface area (Å²) in [6.45, 7) is 4.96. The van der Waals surface area contributed by atoms with E-state index in [4.69, 9.17) is 4.99 Å². The Hall–Kier alpha value is -2.29. The fourth-order valence-electron chi connectivity index (χ4n) is 4.35. The smallest absolute Gasteiger partial charge is 0.264 e. The summed E-state index contributed by atoms with van der Waals surface area (Å²) in [4.78, 5) is 11.5. The lowest BCUT2D eigenvalue weighted by Crippen LogP contribution is -2.51. The molecule has 0 radical (unpaired) electrons. The predicted molar refractivity (Wildman–Crippen MR) is 127 cm³/mol. The third kappa shape index (κ3) is 4.51. The van der Waals surface area contributed by atoms with Crippen molar-refractivity contribution in [2.45, 2.75) is 48.7 Å². The molecule has 2 atom stereocenters. The Morgan fingerprint density at radius 2 is 1.68 bits per heavy atom. The summed E-state index contributed by atoms with van der Waals surface area (Å²) in [5.41, 5.74) is 3.24. The van der Waals surface area contributed by atoms with E-state index in [1.165, 1.54) is 5.70 Å². The minimum atomic E-state index is -4.11. The van der Waals surface area contributed by atoms with E-state index in [1.807, 2.05) is 36.6 Å². The first kappa shape index (κ1) is 21.9. The number of fused-ring (bicyclic) bond motifs is 2. The Labute approximate surface area is 188 Å². The predicted octanol–water partition coefficient (Wildman–Crippen LogP) is 4.96. The lowest BCUT2D eigenvalue weighted by Gasteiger charge is -2.45. The van der Waals surface area contributed by atoms with Crippen molar-refractivity contribution in [1.82, 2.24) is 4.90 Å². The van der Waals surface area contributed by atoms with Gasteiger partial charge in [0.15, 0.2) is 0 Å². The first-order valence-electron chi connectivity index (χ1n) is 10.5. The molecule has 2 aliphatic rings. The molecule has 2 aliphatic heterocycles. The molecule has 0 bridgehead atoms. The van der Waals surface area contributed by atoms with Gasteiger partial charge in [-0.2, -0.15) is 8.42 Å². The van der Waals surface area contributed by atoms with Crippen molar-refractivity contribution in [3.63, 3.8) is 0 Å². The molecule has 0 fully saturated rings. The number of allylic oxidation sites excluding steroid dienone is 2. The zero-order chi connectivity index (χ0) is 22.0. The number of nitrogens with zero attached hydrogens (tertiary/aromatic N) is 3. The number of rotatable bonds is 7. The Morgan fingerprint density at radius 1 is 1.06 bits per heavy atom. The molecule has 0 aromatic heterocycles. The van der Waals surface area contributed by atoms with Crippen LogP contribution in [0.3, 0.4) is 0 Å². The molecule has 2 aromatic carbocycles. The summed E-state index contributed by atoms with van der Waals surface area (Å²) in [5, 5.41) is 0. The van der Waals surface area contributed by atoms with Crippen LogP contribution in [0.2, 0.25) is 0 Å². The Balaban J connectivity index is 1.85. The van der Waals surface area contributed by atoms with Gasteiger partial charge in [0.05, 0.1) is 23.2 Å². The summed E-state index contributed by atoms with van der Waals surface area (Å²) in [6.07, 6.45) is 4.70. The average Bonchev–Trinajstić information content (AvgIpc) is 2.77. The van der Waals surface area contributed by atoms with Crippen LogP contribution < -0.4 is 4.90 Å². The number of hydrogen-bond acceptors (Lipinski definition) is 6. The maximum atomic E-state index is 11.7. The van der Waals surface area contributed by atoms with E-state index in [2.05, 4.69) is 47.9 Å². The molecule has 164 valence electrons. The van der Waals surface area contributed by atoms with Crippen LogP contribution in [0.5, 0.6) is 0 Å². The third-order valence-corrected chi connectivity index (χ3v) is 7.60. The molecule has 6 nitrogen and oxygen atoms in total. The number of anilines is 2. The van der Waals surface area contributed by atoms with Crippen molar-refractivity contribution >= 4 is 39.5 Å². The molecule has 2 aromatic rings. The summed E-state index contributed by atoms with van der Waals surface area (Å²) >= 11 is 1.71. The normalized spacial score (nSPS) is 18.9. The average molecular weight is 458 g/mol. The van der Waals surface area contributed by atoms with Crippen LogP contribution in [0.4, 0.5) is 11.4 Å². The minimum Gasteiger partial charge on any atom is -0.352 e. The van der Waals surface area contributed by atoms with Crippen molar-refractivity contribution in [2.75, 3.05) is 17.2 Å². The highest BCUT2D eigenvalue weighted by Gasteiger charge is 2.37. The summed E-state index contributed by atoms with van der Waals surface area (Å²) in [7, 11) is -4.11. The van der Waals surface area contributed by atoms with Gasteiger partial charge in [0.25, 0.3) is 10.1 Å². The number of para-hydroxylation sites is 2. The molecule has 0 aliphatic carbocycles. The van der Waals surface area contributed by atoms with Crippen LogP contribution in [0.25, 0.3) is 0 Å². The highest BCUT2D eigenvalue weighted by atomic mass is 32.2. The largest absolute Gasteiger partial charge is 0.352 e. The van der Waals surface area contributed by atoms with E-state index in [1.54, 1.807) is 11.8 Å². The quantitative estimate of drug-likeness (QED) is 0.592. The molecular weight excluding hydrogens is 430 g/mol. The van der Waals surface area contributed by atoms with Gasteiger partial charge in [0, 0.05) is 28.2 Å². The van der Waals surface area contributed by atoms with Gasteiger partial charge in [-0.25, -0.2) is 0 Å². The van der Waals surface area contributed by atoms with Gasteiger partial charge >= 0.3 is 0 Å². The van der Waals surface area contributed by atoms with Crippen molar-refractivity contribution in [3.8, 4) is 0 Å². The van der Waals surface area contributed by atoms with E-state index in [-0.39, 0.29) is 24.4 Å². The molecule has 31 heavy (non-hydrogen) atoms. The SMILES string of the molecule is CCC1=CC=NC(C(CCS(=O)(=O)O)N2c3ccccc3Sc3ccccc32)N1CC. The van der Waals surface area contributed by atoms with Gasteiger partial charge in [0.2, 0.25) is 0 Å². The van der Waals surface area contributed by atoms with E-state index >= 15 is 0 Å². The van der Waals surface area contributed by atoms with Crippen molar-refractivity contribution in [1.29, 1.82) is 0 Å². The number of aliphatic imine (C=N–C) groups is 1. The van der Waals surface area contributed by atoms with Gasteiger partial charge in [0.1, 0.15) is 6.17 Å². The maximum Gasteiger partial charge on any atom is 0.264 e. The molecule has 0 saturated heterocycles. The first-order chi connectivity index (χ1) is 14.9. The molecule has 8 heteroatoms. The zero-order valence-corrected chi connectivity index (χ0v) is 19.3. The number of benzene rings is 2. The van der Waals surface area contributed by atoms with Gasteiger partial charge in [-0.1, -0.05) is 43.0 Å². The van der Waals surface area contributed by atoms with Gasteiger partial charge in [-0.15, -0.1) is 0 Å². The fraction of sp³-hybridized carbons (Fsp3) is 0.348. The minimum absolute atomic E-state index is 0.252. The van der Waals surface area contributed by atoms with Crippen LogP contribution in [0, 0.1) is 0 Å². The molecule has 1 N–H and O–H groups in total. The van der Waals surface area contributed by atoms with Crippen LogP contribution >= 0.6 is 11.8 Å². The molecular formula is C23H27N3O3S2. The van der Waals surface area contributed by atoms with Crippen LogP contribution in [-0.2, 0) is 10.1 Å². The van der Waals surface area contributed by atoms with E-state index in [9.17, 15) is 13.0 Å². The lowest BCUT2D eigenvalue weighted by molar-refractivity contribution is 0.224. The molecule has 2 unspecified atom stereocenters. The first-order valence-corrected chi connectivity index (χ1v) is 12.9. The van der Waals surface area contributed by atoms with Crippen LogP contribution in [-0.4, -0.2) is 48.6 Å². The van der Waals surface area contributed by atoms with Crippen LogP contribution in [0.1, 0.15) is 26.7 Å². The second-order valence-electron chi connectivity index (χ2n) is 7.56. The molecule has 4 rings (SSSR count). The zero-order valence-electron chi connectivity index (χ0n) is 17.7. The Bertz CT molecular complexity index is 1070. The van der Waals surface area contributed by atoms with Crippen molar-refractivity contribution in [2.24, 2.45) is 4.99 Å². The monoisotopic (exact) mass is 457 g/mol. The number of hydrogen-bond donors (Lipinski definition) is 1. The number of likely N-dealkylation sites (N-methyl/N-ethyl adjacent to an activating group) is 1. The van der Waals surface area contributed by atoms with Gasteiger partial charge in [-0.3, -0.25) is 9.55 Å². The second-order valence-corrected chi connectivity index (χ2v) is 10.2. The van der Waals surface area contributed by atoms with Crippen molar-refractivity contribution in [3.05, 3.63) is 60.3 Å². The summed E-state index contributed by atoms with van der Waals surface area (Å²) in [5.74, 6) is -0.319. The van der Waals surface area contributed by atoms with Crippen LogP contribution in [0.15, 0.2) is 75.1 Å². The van der Waals surface area contributed by atoms with Gasteiger partial charge < -0.3 is 9.80 Å². The fourth-order valence-corrected chi connectivity index (χ4v) is 5.96. The summed E-state index contributed by atoms with van der Waals surface area (Å²) in [6, 6.07) is 16.1. The highest BCUT2D eigenvalue weighted by Crippen LogP contribution is 2.50. The standard InChI is InChI=1S/C23H27N3O3S2/c1-3-17-13-15-24-23(25(17)4-2)20(14-16-31(27,28)29)26-18-9-5-7-11-21(18)30-22-12-8-6-10-19(22)26/h5-13,15,20,23H,3-4,14,16H2,1-2H3,(H,27,28,29). The van der Waals surface area contributed by atoms with E-state index in [0.717, 1.165) is 34.1 Å². The van der Waals surface area contributed by atoms with Crippen molar-refractivity contribution < 1.29 is 13.0 Å². The Kier molecular flexibility index (Phi) is 6.41. The second kappa shape index (κ2) is 9.06. The highest BCUT2D eigenvalue weighted by molar-refractivity contribution is 7.99. The summed E-state index contributed by atoms with van der Waals surface area (Å²) < 4.78 is 33.0. The topological polar surface area (TPSA) is 73.2 Å². The van der Waals surface area contributed by atoms with E-state index < -0.39 is 10.1 Å². The molecule has 2 heterocycles. The molecule has 0 amide bonds. The molecule has 0 spiro atoms. The van der Waals surface area contributed by atoms with Gasteiger partial charge in [-0.05, 0) is 50.1 Å². The maximum absolute atomic E-state index is 11.7. The third-order valence-electron chi connectivity index (χ3n) is 5.71. The van der Waals surface area contributed by atoms with E-state index in [0.29, 0.717) is 0 Å². The molecule has 0 saturated carbocycles. The lowest BCUT2D eigenvalue weighted by atomic mass is 10.0. The Morgan fingerprint density at radius 3 is 2.23 bits per heavy atom.